The molecule has 0 radical (unpaired) electrons. The number of ketones is 1. The van der Waals surface area contributed by atoms with Crippen LogP contribution in [0.15, 0.2) is 84.9 Å². The van der Waals surface area contributed by atoms with Gasteiger partial charge in [-0.2, -0.15) is 0 Å². The molecular weight excluding hydrogens is 348 g/mol. The van der Waals surface area contributed by atoms with Crippen molar-refractivity contribution in [2.75, 3.05) is 0 Å². The highest BCUT2D eigenvalue weighted by Crippen LogP contribution is 2.30. The van der Waals surface area contributed by atoms with Crippen molar-refractivity contribution in [2.45, 2.75) is 19.3 Å². The van der Waals surface area contributed by atoms with Crippen LogP contribution >= 0.6 is 0 Å². The summed E-state index contributed by atoms with van der Waals surface area (Å²) in [6.45, 7) is 1.36. The van der Waals surface area contributed by atoms with Crippen LogP contribution in [-0.2, 0) is 4.79 Å². The maximum Gasteiger partial charge on any atom is 0.308 e. The first-order valence-corrected chi connectivity index (χ1v) is 9.05. The third-order valence-corrected chi connectivity index (χ3v) is 4.20. The number of hydrogen-bond acceptors (Lipinski definition) is 3. The van der Waals surface area contributed by atoms with E-state index in [9.17, 15) is 9.59 Å². The third-order valence-electron chi connectivity index (χ3n) is 4.20. The zero-order chi connectivity index (χ0) is 19.8. The summed E-state index contributed by atoms with van der Waals surface area (Å²) in [5.74, 6) is 5.96. The first-order chi connectivity index (χ1) is 13.6. The fourth-order valence-electron chi connectivity index (χ4n) is 2.87. The van der Waals surface area contributed by atoms with E-state index in [4.69, 9.17) is 4.74 Å². The van der Waals surface area contributed by atoms with Gasteiger partial charge in [-0.3, -0.25) is 9.59 Å². The molecule has 0 aromatic heterocycles. The van der Waals surface area contributed by atoms with E-state index >= 15 is 0 Å². The lowest BCUT2D eigenvalue weighted by molar-refractivity contribution is -0.131. The number of esters is 1. The van der Waals surface area contributed by atoms with Crippen LogP contribution in [0.3, 0.4) is 0 Å². The number of rotatable bonds is 5. The standard InChI is InChI=1S/C25H20O3/c1-19(26)28-25-15-9-8-14-23(25)22(17-16-20-10-4-2-5-11-20)18-24(27)21-12-6-3-7-13-21/h2-15,22H,18H2,1H3. The van der Waals surface area contributed by atoms with E-state index in [1.54, 1.807) is 24.3 Å². The zero-order valence-corrected chi connectivity index (χ0v) is 15.6. The Morgan fingerprint density at radius 3 is 2.14 bits per heavy atom. The first-order valence-electron chi connectivity index (χ1n) is 9.05. The average molecular weight is 368 g/mol. The van der Waals surface area contributed by atoms with Crippen LogP contribution in [0.25, 0.3) is 0 Å². The minimum atomic E-state index is -0.406. The van der Waals surface area contributed by atoms with Crippen molar-refractivity contribution >= 4 is 11.8 Å². The minimum absolute atomic E-state index is 0.00871. The molecule has 0 amide bonds. The fraction of sp³-hybridized carbons (Fsp3) is 0.120. The highest BCUT2D eigenvalue weighted by Gasteiger charge is 2.19. The SMILES string of the molecule is CC(=O)Oc1ccccc1C(C#Cc1ccccc1)CC(=O)c1ccccc1. The Morgan fingerprint density at radius 1 is 0.857 bits per heavy atom. The summed E-state index contributed by atoms with van der Waals surface area (Å²) in [7, 11) is 0. The molecule has 0 aliphatic carbocycles. The molecule has 3 heteroatoms. The number of Topliss-reactive ketones (excluding diaryl/α,β-unsaturated/α-hetero) is 1. The van der Waals surface area contributed by atoms with E-state index in [0.717, 1.165) is 11.1 Å². The van der Waals surface area contributed by atoms with Crippen LogP contribution in [-0.4, -0.2) is 11.8 Å². The Bertz CT molecular complexity index is 1010. The van der Waals surface area contributed by atoms with Crippen molar-refractivity contribution in [2.24, 2.45) is 0 Å². The molecule has 28 heavy (non-hydrogen) atoms. The predicted molar refractivity (Wildman–Crippen MR) is 109 cm³/mol. The topological polar surface area (TPSA) is 43.4 Å². The van der Waals surface area contributed by atoms with E-state index in [1.165, 1.54) is 6.92 Å². The normalized spacial score (nSPS) is 11.0. The van der Waals surface area contributed by atoms with E-state index in [-0.39, 0.29) is 12.2 Å². The molecule has 138 valence electrons. The van der Waals surface area contributed by atoms with Gasteiger partial charge in [-0.05, 0) is 18.2 Å². The number of para-hydroxylation sites is 1. The summed E-state index contributed by atoms with van der Waals surface area (Å²) in [6.07, 6.45) is 0.197. The molecular formula is C25H20O3. The summed E-state index contributed by atoms with van der Waals surface area (Å²) < 4.78 is 5.35. The summed E-state index contributed by atoms with van der Waals surface area (Å²) >= 11 is 0. The molecule has 0 saturated heterocycles. The highest BCUT2D eigenvalue weighted by molar-refractivity contribution is 5.96. The van der Waals surface area contributed by atoms with Gasteiger partial charge in [0.2, 0.25) is 0 Å². The van der Waals surface area contributed by atoms with Crippen LogP contribution in [0.5, 0.6) is 5.75 Å². The van der Waals surface area contributed by atoms with Gasteiger partial charge in [-0.15, -0.1) is 0 Å². The Hall–Kier alpha value is -3.64. The summed E-state index contributed by atoms with van der Waals surface area (Å²) in [4.78, 5) is 24.3. The lowest BCUT2D eigenvalue weighted by Gasteiger charge is -2.15. The van der Waals surface area contributed by atoms with Gasteiger partial charge in [0.1, 0.15) is 5.75 Å². The van der Waals surface area contributed by atoms with E-state index < -0.39 is 11.9 Å². The van der Waals surface area contributed by atoms with Crippen molar-refractivity contribution < 1.29 is 14.3 Å². The molecule has 1 unspecified atom stereocenters. The second-order valence-electron chi connectivity index (χ2n) is 6.31. The molecule has 0 spiro atoms. The average Bonchev–Trinajstić information content (AvgIpc) is 2.72. The van der Waals surface area contributed by atoms with E-state index in [2.05, 4.69) is 11.8 Å². The Kier molecular flexibility index (Phi) is 6.38. The van der Waals surface area contributed by atoms with Gasteiger partial charge in [-0.1, -0.05) is 78.6 Å². The number of carbonyl (C=O) groups excluding carboxylic acids is 2. The van der Waals surface area contributed by atoms with Crippen molar-refractivity contribution in [3.8, 4) is 17.6 Å². The van der Waals surface area contributed by atoms with Gasteiger partial charge in [0.15, 0.2) is 5.78 Å². The molecule has 3 aromatic rings. The molecule has 0 heterocycles. The zero-order valence-electron chi connectivity index (χ0n) is 15.6. The second-order valence-corrected chi connectivity index (χ2v) is 6.31. The molecule has 3 rings (SSSR count). The van der Waals surface area contributed by atoms with Crippen LogP contribution in [0, 0.1) is 11.8 Å². The van der Waals surface area contributed by atoms with Gasteiger partial charge >= 0.3 is 5.97 Å². The Labute approximate surface area is 165 Å². The van der Waals surface area contributed by atoms with E-state index in [1.807, 2.05) is 60.7 Å². The van der Waals surface area contributed by atoms with Crippen LogP contribution < -0.4 is 4.74 Å². The van der Waals surface area contributed by atoms with Crippen molar-refractivity contribution in [1.82, 2.24) is 0 Å². The highest BCUT2D eigenvalue weighted by atomic mass is 16.5. The van der Waals surface area contributed by atoms with Crippen molar-refractivity contribution in [3.05, 3.63) is 102 Å². The van der Waals surface area contributed by atoms with Crippen LogP contribution in [0.4, 0.5) is 0 Å². The molecule has 0 fully saturated rings. The second kappa shape index (κ2) is 9.34. The lowest BCUT2D eigenvalue weighted by Crippen LogP contribution is -2.10. The number of carbonyl (C=O) groups is 2. The molecule has 3 nitrogen and oxygen atoms in total. The number of benzene rings is 3. The lowest BCUT2D eigenvalue weighted by atomic mass is 9.91. The quantitative estimate of drug-likeness (QED) is 0.275. The molecule has 0 bridgehead atoms. The van der Waals surface area contributed by atoms with Crippen molar-refractivity contribution in [3.63, 3.8) is 0 Å². The summed E-state index contributed by atoms with van der Waals surface area (Å²) in [5, 5.41) is 0. The number of ether oxygens (including phenoxy) is 1. The smallest absolute Gasteiger partial charge is 0.308 e. The maximum absolute atomic E-state index is 12.8. The Balaban J connectivity index is 1.97. The fourth-order valence-corrected chi connectivity index (χ4v) is 2.87. The van der Waals surface area contributed by atoms with Gasteiger partial charge in [-0.25, -0.2) is 0 Å². The van der Waals surface area contributed by atoms with Gasteiger partial charge in [0.05, 0.1) is 5.92 Å². The molecule has 0 N–H and O–H groups in total. The predicted octanol–water partition coefficient (Wildman–Crippen LogP) is 5.02. The summed E-state index contributed by atoms with van der Waals surface area (Å²) in [5.41, 5.74) is 2.23. The first kappa shape index (κ1) is 19.1. The largest absolute Gasteiger partial charge is 0.426 e. The minimum Gasteiger partial charge on any atom is -0.426 e. The van der Waals surface area contributed by atoms with Gasteiger partial charge < -0.3 is 4.74 Å². The third kappa shape index (κ3) is 5.18. The maximum atomic E-state index is 12.8. The molecule has 3 aromatic carbocycles. The Morgan fingerprint density at radius 2 is 1.46 bits per heavy atom. The van der Waals surface area contributed by atoms with Gasteiger partial charge in [0.25, 0.3) is 0 Å². The monoisotopic (exact) mass is 368 g/mol. The van der Waals surface area contributed by atoms with Gasteiger partial charge in [0, 0.05) is 30.0 Å². The molecule has 0 saturated carbocycles. The molecule has 0 aliphatic heterocycles. The van der Waals surface area contributed by atoms with Crippen LogP contribution in [0.1, 0.15) is 40.7 Å². The molecule has 0 aliphatic rings. The van der Waals surface area contributed by atoms with E-state index in [0.29, 0.717) is 11.3 Å². The number of hydrogen-bond donors (Lipinski definition) is 0. The van der Waals surface area contributed by atoms with Crippen molar-refractivity contribution in [1.29, 1.82) is 0 Å². The summed E-state index contributed by atoms with van der Waals surface area (Å²) in [6, 6.07) is 26.0. The molecule has 1 atom stereocenters. The van der Waals surface area contributed by atoms with Crippen LogP contribution in [0.2, 0.25) is 0 Å².